The van der Waals surface area contributed by atoms with Crippen molar-refractivity contribution in [3.05, 3.63) is 35.3 Å². The third-order valence-corrected chi connectivity index (χ3v) is 3.29. The van der Waals surface area contributed by atoms with Gasteiger partial charge < -0.3 is 4.42 Å². The lowest BCUT2D eigenvalue weighted by molar-refractivity contribution is 0.102. The summed E-state index contributed by atoms with van der Waals surface area (Å²) in [7, 11) is 0. The van der Waals surface area contributed by atoms with Crippen molar-refractivity contribution in [1.29, 1.82) is 0 Å². The van der Waals surface area contributed by atoms with Crippen LogP contribution >= 0.6 is 0 Å². The standard InChI is InChI=1S/C15H20O2/c1-10(2)6-13-7-11(3)8-14(13)15(16)12-4-5-17-9-12/h4-5,9-11H,6-8H2,1-3H3. The van der Waals surface area contributed by atoms with Gasteiger partial charge in [0.15, 0.2) is 5.78 Å². The summed E-state index contributed by atoms with van der Waals surface area (Å²) in [5.41, 5.74) is 3.08. The molecule has 0 radical (unpaired) electrons. The topological polar surface area (TPSA) is 30.2 Å². The monoisotopic (exact) mass is 232 g/mol. The number of hydrogen-bond donors (Lipinski definition) is 0. The molecule has 1 atom stereocenters. The molecule has 0 saturated carbocycles. The number of carbonyl (C=O) groups excluding carboxylic acids is 1. The van der Waals surface area contributed by atoms with E-state index in [0.717, 1.165) is 24.8 Å². The van der Waals surface area contributed by atoms with Crippen LogP contribution in [-0.4, -0.2) is 5.78 Å². The minimum Gasteiger partial charge on any atom is -0.472 e. The molecule has 1 aromatic heterocycles. The second-order valence-electron chi connectivity index (χ2n) is 5.53. The van der Waals surface area contributed by atoms with E-state index in [2.05, 4.69) is 20.8 Å². The Bertz CT molecular complexity index is 424. The van der Waals surface area contributed by atoms with Crippen LogP contribution in [-0.2, 0) is 0 Å². The summed E-state index contributed by atoms with van der Waals surface area (Å²) >= 11 is 0. The molecule has 17 heavy (non-hydrogen) atoms. The fourth-order valence-corrected chi connectivity index (χ4v) is 2.63. The maximum Gasteiger partial charge on any atom is 0.192 e. The molecule has 2 heteroatoms. The van der Waals surface area contributed by atoms with Gasteiger partial charge >= 0.3 is 0 Å². The molecule has 0 amide bonds. The van der Waals surface area contributed by atoms with Crippen molar-refractivity contribution < 1.29 is 9.21 Å². The highest BCUT2D eigenvalue weighted by atomic mass is 16.3. The van der Waals surface area contributed by atoms with E-state index in [9.17, 15) is 4.79 Å². The molecule has 92 valence electrons. The first kappa shape index (κ1) is 12.2. The molecule has 0 spiro atoms. The van der Waals surface area contributed by atoms with Crippen molar-refractivity contribution in [3.8, 4) is 0 Å². The molecule has 1 aromatic rings. The van der Waals surface area contributed by atoms with Crippen LogP contribution in [0.4, 0.5) is 0 Å². The fraction of sp³-hybridized carbons (Fsp3) is 0.533. The van der Waals surface area contributed by atoms with Gasteiger partial charge in [-0.25, -0.2) is 0 Å². The van der Waals surface area contributed by atoms with Gasteiger partial charge in [0.05, 0.1) is 11.8 Å². The maximum absolute atomic E-state index is 12.3. The first-order valence-electron chi connectivity index (χ1n) is 6.35. The maximum atomic E-state index is 12.3. The molecule has 0 saturated heterocycles. The Morgan fingerprint density at radius 1 is 1.47 bits per heavy atom. The lowest BCUT2D eigenvalue weighted by atomic mass is 9.96. The number of allylic oxidation sites excluding steroid dienone is 2. The predicted molar refractivity (Wildman–Crippen MR) is 67.9 cm³/mol. The molecule has 0 aromatic carbocycles. The van der Waals surface area contributed by atoms with E-state index in [1.54, 1.807) is 18.6 Å². The third-order valence-electron chi connectivity index (χ3n) is 3.29. The molecule has 2 rings (SSSR count). The number of furan rings is 1. The molecule has 2 nitrogen and oxygen atoms in total. The zero-order valence-electron chi connectivity index (χ0n) is 10.8. The van der Waals surface area contributed by atoms with Gasteiger partial charge in [0.2, 0.25) is 0 Å². The van der Waals surface area contributed by atoms with Crippen LogP contribution in [0.25, 0.3) is 0 Å². The Balaban J connectivity index is 2.24. The summed E-state index contributed by atoms with van der Waals surface area (Å²) in [6.45, 7) is 6.63. The Morgan fingerprint density at radius 2 is 2.24 bits per heavy atom. The molecule has 0 bridgehead atoms. The van der Waals surface area contributed by atoms with Gasteiger partial charge in [0.1, 0.15) is 6.26 Å². The quantitative estimate of drug-likeness (QED) is 0.727. The molecule has 1 unspecified atom stereocenters. The highest BCUT2D eigenvalue weighted by molar-refractivity contribution is 6.09. The number of ketones is 1. The third kappa shape index (κ3) is 2.68. The summed E-state index contributed by atoms with van der Waals surface area (Å²) < 4.78 is 4.99. The summed E-state index contributed by atoms with van der Waals surface area (Å²) in [5, 5.41) is 0. The van der Waals surface area contributed by atoms with Crippen molar-refractivity contribution in [2.45, 2.75) is 40.0 Å². The number of Topliss-reactive ketones (excluding diaryl/α,β-unsaturated/α-hetero) is 1. The number of rotatable bonds is 4. The summed E-state index contributed by atoms with van der Waals surface area (Å²) in [4.78, 5) is 12.3. The molecular weight excluding hydrogens is 212 g/mol. The Kier molecular flexibility index (Phi) is 3.51. The molecule has 0 fully saturated rings. The molecule has 0 N–H and O–H groups in total. The van der Waals surface area contributed by atoms with Crippen LogP contribution < -0.4 is 0 Å². The summed E-state index contributed by atoms with van der Waals surface area (Å²) in [6, 6.07) is 1.76. The zero-order chi connectivity index (χ0) is 12.4. The lowest BCUT2D eigenvalue weighted by Crippen LogP contribution is -2.03. The second kappa shape index (κ2) is 4.91. The molecule has 1 aliphatic rings. The van der Waals surface area contributed by atoms with Crippen molar-refractivity contribution in [2.75, 3.05) is 0 Å². The smallest absolute Gasteiger partial charge is 0.192 e. The number of carbonyl (C=O) groups is 1. The van der Waals surface area contributed by atoms with Crippen LogP contribution in [0.2, 0.25) is 0 Å². The molecule has 1 heterocycles. The van der Waals surface area contributed by atoms with Crippen molar-refractivity contribution in [3.63, 3.8) is 0 Å². The Hall–Kier alpha value is -1.31. The summed E-state index contributed by atoms with van der Waals surface area (Å²) in [6.07, 6.45) is 6.16. The SMILES string of the molecule is CC(C)CC1=C(C(=O)c2ccoc2)CC(C)C1. The van der Waals surface area contributed by atoms with Gasteiger partial charge in [0, 0.05) is 0 Å². The van der Waals surface area contributed by atoms with E-state index in [0.29, 0.717) is 17.4 Å². The van der Waals surface area contributed by atoms with E-state index >= 15 is 0 Å². The van der Waals surface area contributed by atoms with Crippen molar-refractivity contribution in [2.24, 2.45) is 11.8 Å². The van der Waals surface area contributed by atoms with Crippen molar-refractivity contribution in [1.82, 2.24) is 0 Å². The van der Waals surface area contributed by atoms with E-state index in [4.69, 9.17) is 4.42 Å². The highest BCUT2D eigenvalue weighted by Gasteiger charge is 2.26. The Labute approximate surface area is 103 Å². The molecular formula is C15H20O2. The van der Waals surface area contributed by atoms with Gasteiger partial charge in [-0.2, -0.15) is 0 Å². The largest absolute Gasteiger partial charge is 0.472 e. The van der Waals surface area contributed by atoms with Crippen LogP contribution in [0, 0.1) is 11.8 Å². The zero-order valence-corrected chi connectivity index (χ0v) is 10.8. The lowest BCUT2D eigenvalue weighted by Gasteiger charge is -2.08. The van der Waals surface area contributed by atoms with Gasteiger partial charge in [-0.3, -0.25) is 4.79 Å². The van der Waals surface area contributed by atoms with E-state index in [1.807, 2.05) is 0 Å². The normalized spacial score (nSPS) is 20.4. The van der Waals surface area contributed by atoms with E-state index in [1.165, 1.54) is 5.57 Å². The first-order valence-corrected chi connectivity index (χ1v) is 6.35. The van der Waals surface area contributed by atoms with Crippen LogP contribution in [0.15, 0.2) is 34.2 Å². The van der Waals surface area contributed by atoms with Crippen LogP contribution in [0.1, 0.15) is 50.4 Å². The average molecular weight is 232 g/mol. The van der Waals surface area contributed by atoms with Crippen LogP contribution in [0.5, 0.6) is 0 Å². The summed E-state index contributed by atoms with van der Waals surface area (Å²) in [5.74, 6) is 1.39. The van der Waals surface area contributed by atoms with E-state index in [-0.39, 0.29) is 5.78 Å². The average Bonchev–Trinajstić information content (AvgIpc) is 2.85. The van der Waals surface area contributed by atoms with Gasteiger partial charge in [0.25, 0.3) is 0 Å². The van der Waals surface area contributed by atoms with Crippen LogP contribution in [0.3, 0.4) is 0 Å². The second-order valence-corrected chi connectivity index (χ2v) is 5.53. The van der Waals surface area contributed by atoms with Gasteiger partial charge in [-0.05, 0) is 42.7 Å². The molecule has 1 aliphatic carbocycles. The minimum absolute atomic E-state index is 0.166. The highest BCUT2D eigenvalue weighted by Crippen LogP contribution is 2.36. The number of hydrogen-bond acceptors (Lipinski definition) is 2. The minimum atomic E-state index is 0.166. The van der Waals surface area contributed by atoms with Gasteiger partial charge in [-0.1, -0.05) is 26.3 Å². The predicted octanol–water partition coefficient (Wildman–Crippen LogP) is 4.23. The van der Waals surface area contributed by atoms with Crippen molar-refractivity contribution >= 4 is 5.78 Å². The van der Waals surface area contributed by atoms with E-state index < -0.39 is 0 Å². The first-order chi connectivity index (χ1) is 8.08. The fourth-order valence-electron chi connectivity index (χ4n) is 2.63. The molecule has 0 aliphatic heterocycles. The Morgan fingerprint density at radius 3 is 2.82 bits per heavy atom. The van der Waals surface area contributed by atoms with Gasteiger partial charge in [-0.15, -0.1) is 0 Å².